The first-order valence-electron chi connectivity index (χ1n) is 12.6. The quantitative estimate of drug-likeness (QED) is 0.219. The number of nitro benzene ring substituents is 1. The number of halogens is 1. The fraction of sp³-hybridized carbons (Fsp3) is 0.286. The lowest BCUT2D eigenvalue weighted by atomic mass is 10.0. The van der Waals surface area contributed by atoms with Gasteiger partial charge in [-0.2, -0.15) is 0 Å². The highest BCUT2D eigenvalue weighted by Gasteiger charge is 2.34. The van der Waals surface area contributed by atoms with Crippen LogP contribution in [0.4, 0.5) is 11.4 Å². The van der Waals surface area contributed by atoms with Crippen molar-refractivity contribution in [2.24, 2.45) is 0 Å². The van der Waals surface area contributed by atoms with Crippen LogP contribution in [-0.2, 0) is 32.6 Å². The van der Waals surface area contributed by atoms with Gasteiger partial charge in [-0.3, -0.25) is 24.0 Å². The number of carbonyl (C=O) groups is 2. The third kappa shape index (κ3) is 8.51. The summed E-state index contributed by atoms with van der Waals surface area (Å²) >= 11 is 3.43. The average molecular weight is 648 g/mol. The molecule has 0 bridgehead atoms. The molecule has 0 saturated carbocycles. The van der Waals surface area contributed by atoms with Crippen molar-refractivity contribution in [1.29, 1.82) is 0 Å². The van der Waals surface area contributed by atoms with E-state index >= 15 is 0 Å². The SMILES string of the molecule is CCNC(=O)C(Cc1ccccc1)N(Cc1cccc(Br)c1)C(=O)CN(c1cc([N+](=O)[O-])ccc1OC)S(C)(=O)=O. The van der Waals surface area contributed by atoms with Gasteiger partial charge >= 0.3 is 0 Å². The van der Waals surface area contributed by atoms with Gasteiger partial charge in [0.1, 0.15) is 24.0 Å². The number of carbonyl (C=O) groups excluding carboxylic acids is 2. The van der Waals surface area contributed by atoms with E-state index < -0.39 is 39.3 Å². The summed E-state index contributed by atoms with van der Waals surface area (Å²) in [6.07, 6.45) is 1.06. The van der Waals surface area contributed by atoms with Crippen LogP contribution in [0.5, 0.6) is 5.75 Å². The average Bonchev–Trinajstić information content (AvgIpc) is 2.93. The topological polar surface area (TPSA) is 139 Å². The summed E-state index contributed by atoms with van der Waals surface area (Å²) in [4.78, 5) is 39.6. The maximum atomic E-state index is 14.1. The Morgan fingerprint density at radius 3 is 2.32 bits per heavy atom. The molecule has 3 aromatic rings. The van der Waals surface area contributed by atoms with Gasteiger partial charge in [0.05, 0.1) is 18.3 Å². The van der Waals surface area contributed by atoms with Gasteiger partial charge in [0, 0.05) is 36.1 Å². The fourth-order valence-electron chi connectivity index (χ4n) is 4.26. The number of non-ortho nitro benzene ring substituents is 1. The Balaban J connectivity index is 2.11. The van der Waals surface area contributed by atoms with E-state index in [4.69, 9.17) is 4.74 Å². The Bertz CT molecular complexity index is 1500. The summed E-state index contributed by atoms with van der Waals surface area (Å²) in [6, 6.07) is 18.9. The summed E-state index contributed by atoms with van der Waals surface area (Å²) < 4.78 is 32.8. The van der Waals surface area contributed by atoms with Gasteiger partial charge < -0.3 is 15.0 Å². The molecule has 0 spiro atoms. The molecule has 0 radical (unpaired) electrons. The molecule has 218 valence electrons. The standard InChI is InChI=1S/C28H31BrN4O7S/c1-4-30-28(35)25(16-20-9-6-5-7-10-20)31(18-21-11-8-12-22(29)15-21)27(34)19-32(41(3,38)39)24-17-23(33(36)37)13-14-26(24)40-2/h5-15,17,25H,4,16,18-19H2,1-3H3,(H,30,35). The van der Waals surface area contributed by atoms with Gasteiger partial charge in [0.25, 0.3) is 5.69 Å². The maximum absolute atomic E-state index is 14.1. The molecule has 1 N–H and O–H groups in total. The van der Waals surface area contributed by atoms with E-state index in [-0.39, 0.29) is 30.1 Å². The zero-order chi connectivity index (χ0) is 30.2. The Morgan fingerprint density at radius 1 is 1.05 bits per heavy atom. The molecule has 0 aliphatic heterocycles. The molecule has 0 aliphatic rings. The van der Waals surface area contributed by atoms with Crippen molar-refractivity contribution in [2.75, 3.05) is 30.8 Å². The van der Waals surface area contributed by atoms with Gasteiger partial charge in [0.15, 0.2) is 0 Å². The van der Waals surface area contributed by atoms with Crippen LogP contribution >= 0.6 is 15.9 Å². The van der Waals surface area contributed by atoms with E-state index in [1.807, 2.05) is 36.4 Å². The Labute approximate surface area is 247 Å². The number of hydrogen-bond acceptors (Lipinski definition) is 7. The third-order valence-corrected chi connectivity index (χ3v) is 7.80. The highest BCUT2D eigenvalue weighted by atomic mass is 79.9. The largest absolute Gasteiger partial charge is 0.495 e. The Morgan fingerprint density at radius 2 is 1.73 bits per heavy atom. The van der Waals surface area contributed by atoms with E-state index in [2.05, 4.69) is 21.2 Å². The Kier molecular flexibility index (Phi) is 10.8. The normalized spacial score (nSPS) is 11.8. The zero-order valence-corrected chi connectivity index (χ0v) is 25.2. The molecule has 3 aromatic carbocycles. The molecular weight excluding hydrogens is 616 g/mol. The first-order valence-corrected chi connectivity index (χ1v) is 15.2. The lowest BCUT2D eigenvalue weighted by Gasteiger charge is -2.33. The van der Waals surface area contributed by atoms with Gasteiger partial charge in [0.2, 0.25) is 21.8 Å². The Hall–Kier alpha value is -3.97. The number of likely N-dealkylation sites (N-methyl/N-ethyl adjacent to an activating group) is 1. The van der Waals surface area contributed by atoms with Gasteiger partial charge in [-0.1, -0.05) is 58.4 Å². The summed E-state index contributed by atoms with van der Waals surface area (Å²) in [7, 11) is -2.85. The highest BCUT2D eigenvalue weighted by molar-refractivity contribution is 9.10. The second kappa shape index (κ2) is 14.1. The van der Waals surface area contributed by atoms with Crippen LogP contribution in [0.3, 0.4) is 0 Å². The minimum absolute atomic E-state index is 0.00339. The fourth-order valence-corrected chi connectivity index (χ4v) is 5.55. The molecule has 0 fully saturated rings. The van der Waals surface area contributed by atoms with Crippen molar-refractivity contribution >= 4 is 49.1 Å². The number of amides is 2. The predicted molar refractivity (Wildman–Crippen MR) is 159 cm³/mol. The van der Waals surface area contributed by atoms with Crippen molar-refractivity contribution in [1.82, 2.24) is 10.2 Å². The van der Waals surface area contributed by atoms with Crippen LogP contribution in [0, 0.1) is 10.1 Å². The molecule has 1 atom stereocenters. The first kappa shape index (κ1) is 31.6. The second-order valence-electron chi connectivity index (χ2n) is 9.13. The monoisotopic (exact) mass is 646 g/mol. The number of nitrogens with zero attached hydrogens (tertiary/aromatic N) is 3. The molecule has 0 aromatic heterocycles. The molecule has 11 nitrogen and oxygen atoms in total. The van der Waals surface area contributed by atoms with Crippen LogP contribution in [0.1, 0.15) is 18.1 Å². The van der Waals surface area contributed by atoms with E-state index in [0.29, 0.717) is 12.1 Å². The summed E-state index contributed by atoms with van der Waals surface area (Å²) in [5.74, 6) is -1.06. The molecule has 41 heavy (non-hydrogen) atoms. The first-order chi connectivity index (χ1) is 19.4. The lowest BCUT2D eigenvalue weighted by Crippen LogP contribution is -2.53. The van der Waals surface area contributed by atoms with E-state index in [9.17, 15) is 28.1 Å². The van der Waals surface area contributed by atoms with Crippen LogP contribution in [0.15, 0.2) is 77.3 Å². The molecule has 0 saturated heterocycles. The van der Waals surface area contributed by atoms with Crippen molar-refractivity contribution in [3.8, 4) is 5.75 Å². The minimum atomic E-state index is -4.14. The number of rotatable bonds is 13. The molecule has 3 rings (SSSR count). The molecular formula is C28H31BrN4O7S. The van der Waals surface area contributed by atoms with Crippen molar-refractivity contribution < 1.29 is 27.7 Å². The second-order valence-corrected chi connectivity index (χ2v) is 12.0. The smallest absolute Gasteiger partial charge is 0.271 e. The highest BCUT2D eigenvalue weighted by Crippen LogP contribution is 2.34. The third-order valence-electron chi connectivity index (χ3n) is 6.19. The number of ether oxygens (including phenoxy) is 1. The lowest BCUT2D eigenvalue weighted by molar-refractivity contribution is -0.384. The van der Waals surface area contributed by atoms with Crippen molar-refractivity contribution in [2.45, 2.75) is 25.9 Å². The molecule has 2 amide bonds. The van der Waals surface area contributed by atoms with Crippen LogP contribution in [0.2, 0.25) is 0 Å². The number of hydrogen-bond donors (Lipinski definition) is 1. The molecule has 13 heteroatoms. The summed E-state index contributed by atoms with van der Waals surface area (Å²) in [6.45, 7) is 1.35. The van der Waals surface area contributed by atoms with Gasteiger partial charge in [-0.25, -0.2) is 8.42 Å². The number of nitro groups is 1. The molecule has 0 aliphatic carbocycles. The number of anilines is 1. The van der Waals surface area contributed by atoms with Crippen LogP contribution in [-0.4, -0.2) is 62.6 Å². The molecule has 0 heterocycles. The van der Waals surface area contributed by atoms with Crippen molar-refractivity contribution in [3.05, 3.63) is 98.5 Å². The number of benzene rings is 3. The van der Waals surface area contributed by atoms with Crippen LogP contribution < -0.4 is 14.4 Å². The number of sulfonamides is 1. The maximum Gasteiger partial charge on any atom is 0.271 e. The van der Waals surface area contributed by atoms with E-state index in [1.54, 1.807) is 25.1 Å². The van der Waals surface area contributed by atoms with Crippen LogP contribution in [0.25, 0.3) is 0 Å². The van der Waals surface area contributed by atoms with Gasteiger partial charge in [-0.05, 0) is 36.2 Å². The summed E-state index contributed by atoms with van der Waals surface area (Å²) in [5, 5.41) is 14.2. The van der Waals surface area contributed by atoms with Gasteiger partial charge in [-0.15, -0.1) is 0 Å². The van der Waals surface area contributed by atoms with Crippen molar-refractivity contribution in [3.63, 3.8) is 0 Å². The number of methoxy groups -OCH3 is 1. The van der Waals surface area contributed by atoms with E-state index in [1.165, 1.54) is 24.1 Å². The molecule has 1 unspecified atom stereocenters. The number of nitrogens with one attached hydrogen (secondary N) is 1. The minimum Gasteiger partial charge on any atom is -0.495 e. The predicted octanol–water partition coefficient (Wildman–Crippen LogP) is 3.91. The van der Waals surface area contributed by atoms with E-state index in [0.717, 1.165) is 26.7 Å². The zero-order valence-electron chi connectivity index (χ0n) is 22.8. The summed E-state index contributed by atoms with van der Waals surface area (Å²) in [5.41, 5.74) is 0.958.